The average molecular weight is 355 g/mol. The second-order valence-electron chi connectivity index (χ2n) is 6.38. The summed E-state index contributed by atoms with van der Waals surface area (Å²) in [6, 6.07) is -0.365. The van der Waals surface area contributed by atoms with Crippen LogP contribution in [-0.4, -0.2) is 43.4 Å². The number of amides is 1. The van der Waals surface area contributed by atoms with Crippen LogP contribution >= 0.6 is 0 Å². The van der Waals surface area contributed by atoms with Gasteiger partial charge in [-0.15, -0.1) is 0 Å². The molecule has 1 saturated carbocycles. The maximum atomic E-state index is 12.0. The zero-order valence-electron chi connectivity index (χ0n) is 15.3. The summed E-state index contributed by atoms with van der Waals surface area (Å²) in [6.45, 7) is 5.74. The van der Waals surface area contributed by atoms with Gasteiger partial charge in [-0.1, -0.05) is 20.3 Å². The minimum absolute atomic E-state index is 0.00340. The lowest BCUT2D eigenvalue weighted by Gasteiger charge is -2.25. The van der Waals surface area contributed by atoms with Crippen LogP contribution in [0.15, 0.2) is 12.2 Å². The van der Waals surface area contributed by atoms with Crippen molar-refractivity contribution >= 4 is 18.0 Å². The minimum atomic E-state index is -0.666. The Balaban J connectivity index is 2.38. The largest absolute Gasteiger partial charge is 0.463 e. The van der Waals surface area contributed by atoms with Gasteiger partial charge >= 0.3 is 18.0 Å². The highest BCUT2D eigenvalue weighted by Crippen LogP contribution is 2.20. The number of alkyl carbamates (subject to hydrolysis) is 1. The lowest BCUT2D eigenvalue weighted by molar-refractivity contribution is -0.140. The van der Waals surface area contributed by atoms with Crippen molar-refractivity contribution in [2.45, 2.75) is 65.0 Å². The monoisotopic (exact) mass is 355 g/mol. The Morgan fingerprint density at radius 2 is 1.64 bits per heavy atom. The number of hydrogen-bond donors (Lipinski definition) is 1. The van der Waals surface area contributed by atoms with Crippen molar-refractivity contribution in [1.29, 1.82) is 0 Å². The van der Waals surface area contributed by atoms with Crippen LogP contribution in [0.25, 0.3) is 0 Å². The summed E-state index contributed by atoms with van der Waals surface area (Å²) in [5, 5.41) is 2.75. The van der Waals surface area contributed by atoms with Crippen molar-refractivity contribution in [3.05, 3.63) is 12.2 Å². The molecular weight excluding hydrogens is 326 g/mol. The summed E-state index contributed by atoms with van der Waals surface area (Å²) >= 11 is 0. The third-order valence-electron chi connectivity index (χ3n) is 3.98. The van der Waals surface area contributed by atoms with Crippen molar-refractivity contribution in [3.63, 3.8) is 0 Å². The molecule has 7 nitrogen and oxygen atoms in total. The van der Waals surface area contributed by atoms with E-state index in [2.05, 4.69) is 10.1 Å². The van der Waals surface area contributed by atoms with Crippen molar-refractivity contribution in [1.82, 2.24) is 5.32 Å². The Labute approximate surface area is 149 Å². The fourth-order valence-electron chi connectivity index (χ4n) is 2.47. The summed E-state index contributed by atoms with van der Waals surface area (Å²) in [5.74, 6) is -1.21. The molecule has 0 aromatic rings. The maximum Gasteiger partial charge on any atom is 0.407 e. The second kappa shape index (κ2) is 11.5. The number of rotatable bonds is 8. The van der Waals surface area contributed by atoms with E-state index in [-0.39, 0.29) is 31.3 Å². The van der Waals surface area contributed by atoms with Crippen molar-refractivity contribution in [2.24, 2.45) is 5.92 Å². The van der Waals surface area contributed by atoms with E-state index in [1.807, 2.05) is 13.8 Å². The van der Waals surface area contributed by atoms with Crippen LogP contribution in [0.5, 0.6) is 0 Å². The number of ether oxygens (including phenoxy) is 3. The van der Waals surface area contributed by atoms with E-state index < -0.39 is 18.0 Å². The fourth-order valence-corrected chi connectivity index (χ4v) is 2.47. The maximum absolute atomic E-state index is 12.0. The van der Waals surface area contributed by atoms with E-state index in [1.54, 1.807) is 6.92 Å². The first-order chi connectivity index (χ1) is 11.9. The van der Waals surface area contributed by atoms with Gasteiger partial charge in [0.15, 0.2) is 0 Å². The predicted molar refractivity (Wildman–Crippen MR) is 91.8 cm³/mol. The number of esters is 2. The number of hydrogen-bond acceptors (Lipinski definition) is 6. The van der Waals surface area contributed by atoms with Crippen LogP contribution < -0.4 is 5.32 Å². The van der Waals surface area contributed by atoms with E-state index >= 15 is 0 Å². The smallest absolute Gasteiger partial charge is 0.407 e. The quantitative estimate of drug-likeness (QED) is 0.409. The molecule has 0 bridgehead atoms. The van der Waals surface area contributed by atoms with Gasteiger partial charge < -0.3 is 19.5 Å². The second-order valence-corrected chi connectivity index (χ2v) is 6.38. The van der Waals surface area contributed by atoms with Crippen LogP contribution in [-0.2, 0) is 23.8 Å². The molecular formula is C18H29NO6. The van der Waals surface area contributed by atoms with Crippen molar-refractivity contribution < 1.29 is 28.6 Å². The van der Waals surface area contributed by atoms with Gasteiger partial charge in [0, 0.05) is 12.2 Å². The molecule has 1 rings (SSSR count). The highest BCUT2D eigenvalue weighted by atomic mass is 16.6. The lowest BCUT2D eigenvalue weighted by Crippen LogP contribution is -2.43. The first-order valence-corrected chi connectivity index (χ1v) is 8.91. The van der Waals surface area contributed by atoms with E-state index in [4.69, 9.17) is 9.47 Å². The molecule has 0 heterocycles. The Bertz CT molecular complexity index is 468. The van der Waals surface area contributed by atoms with Gasteiger partial charge in [0.2, 0.25) is 0 Å². The van der Waals surface area contributed by atoms with Gasteiger partial charge in [-0.3, -0.25) is 0 Å². The SMILES string of the molecule is CCOC(=O)C=CC(=O)OCC(NC(=O)OC1CCCCC1)C(C)C. The molecule has 0 aliphatic heterocycles. The van der Waals surface area contributed by atoms with Crippen LogP contribution in [0.1, 0.15) is 52.9 Å². The van der Waals surface area contributed by atoms with Crippen molar-refractivity contribution in [2.75, 3.05) is 13.2 Å². The third-order valence-corrected chi connectivity index (χ3v) is 3.98. The first-order valence-electron chi connectivity index (χ1n) is 8.91. The number of carbonyl (C=O) groups is 3. The van der Waals surface area contributed by atoms with Crippen LogP contribution in [0, 0.1) is 5.92 Å². The van der Waals surface area contributed by atoms with Crippen LogP contribution in [0.2, 0.25) is 0 Å². The fraction of sp³-hybridized carbons (Fsp3) is 0.722. The number of nitrogens with one attached hydrogen (secondary N) is 1. The lowest BCUT2D eigenvalue weighted by atomic mass is 9.98. The Hall–Kier alpha value is -2.05. The predicted octanol–water partition coefficient (Wildman–Crippen LogP) is 2.73. The van der Waals surface area contributed by atoms with Gasteiger partial charge in [-0.25, -0.2) is 14.4 Å². The molecule has 0 saturated heterocycles. The average Bonchev–Trinajstić information content (AvgIpc) is 2.57. The van der Waals surface area contributed by atoms with Gasteiger partial charge in [0.05, 0.1) is 12.6 Å². The molecule has 0 spiro atoms. The molecule has 0 aromatic heterocycles. The zero-order chi connectivity index (χ0) is 18.7. The highest BCUT2D eigenvalue weighted by Gasteiger charge is 2.22. The van der Waals surface area contributed by atoms with Crippen LogP contribution in [0.3, 0.4) is 0 Å². The minimum Gasteiger partial charge on any atom is -0.463 e. The normalized spacial score (nSPS) is 16.5. The first kappa shape index (κ1) is 21.0. The molecule has 1 aliphatic rings. The summed E-state index contributed by atoms with van der Waals surface area (Å²) in [4.78, 5) is 34.8. The molecule has 1 amide bonds. The summed E-state index contributed by atoms with van der Waals surface area (Å²) in [7, 11) is 0. The highest BCUT2D eigenvalue weighted by molar-refractivity contribution is 5.91. The van der Waals surface area contributed by atoms with E-state index in [0.717, 1.165) is 37.8 Å². The zero-order valence-corrected chi connectivity index (χ0v) is 15.3. The Kier molecular flexibility index (Phi) is 9.65. The Morgan fingerprint density at radius 1 is 1.04 bits per heavy atom. The molecule has 0 aromatic carbocycles. The third kappa shape index (κ3) is 9.12. The molecule has 1 N–H and O–H groups in total. The topological polar surface area (TPSA) is 90.9 Å². The molecule has 142 valence electrons. The molecule has 1 fully saturated rings. The molecule has 1 atom stereocenters. The summed E-state index contributed by atoms with van der Waals surface area (Å²) < 4.78 is 15.2. The van der Waals surface area contributed by atoms with Gasteiger partial charge in [0.1, 0.15) is 12.7 Å². The molecule has 0 radical (unpaired) electrons. The van der Waals surface area contributed by atoms with Crippen molar-refractivity contribution in [3.8, 4) is 0 Å². The van der Waals surface area contributed by atoms with Gasteiger partial charge in [-0.05, 0) is 38.5 Å². The summed E-state index contributed by atoms with van der Waals surface area (Å²) in [6.07, 6.45) is 6.65. The Morgan fingerprint density at radius 3 is 2.20 bits per heavy atom. The number of carbonyl (C=O) groups excluding carboxylic acids is 3. The van der Waals surface area contributed by atoms with Gasteiger partial charge in [-0.2, -0.15) is 0 Å². The van der Waals surface area contributed by atoms with Crippen LogP contribution in [0.4, 0.5) is 4.79 Å². The summed E-state index contributed by atoms with van der Waals surface area (Å²) in [5.41, 5.74) is 0. The standard InChI is InChI=1S/C18H29NO6/c1-4-23-16(20)10-11-17(21)24-12-15(13(2)3)19-18(22)25-14-8-6-5-7-9-14/h10-11,13-15H,4-9,12H2,1-3H3,(H,19,22). The molecule has 1 unspecified atom stereocenters. The molecule has 1 aliphatic carbocycles. The van der Waals surface area contributed by atoms with Gasteiger partial charge in [0.25, 0.3) is 0 Å². The molecule has 25 heavy (non-hydrogen) atoms. The van der Waals surface area contributed by atoms with E-state index in [1.165, 1.54) is 6.42 Å². The van der Waals surface area contributed by atoms with E-state index in [9.17, 15) is 14.4 Å². The molecule has 7 heteroatoms. The van der Waals surface area contributed by atoms with E-state index in [0.29, 0.717) is 0 Å².